The van der Waals surface area contributed by atoms with Crippen molar-refractivity contribution in [1.82, 2.24) is 26.3 Å². The molecule has 2 rings (SSSR count). The first-order chi connectivity index (χ1) is 20.4. The number of H-pyrrole nitrogens is 1. The second-order valence-corrected chi connectivity index (χ2v) is 9.70. The van der Waals surface area contributed by atoms with Crippen LogP contribution in [0.1, 0.15) is 50.5 Å². The van der Waals surface area contributed by atoms with Crippen LogP contribution in [0.4, 0.5) is 4.79 Å². The highest BCUT2D eigenvalue weighted by Gasteiger charge is 2.25. The number of amides is 4. The van der Waals surface area contributed by atoms with E-state index < -0.39 is 79.1 Å². The molecular formula is C27H35N5O11. The number of para-hydroxylation sites is 1. The van der Waals surface area contributed by atoms with Crippen molar-refractivity contribution >= 4 is 52.6 Å². The Bertz CT molecular complexity index is 1330. The molecule has 1 aromatic carbocycles. The molecule has 16 nitrogen and oxygen atoms in total. The maximum atomic E-state index is 13.0. The average molecular weight is 606 g/mol. The van der Waals surface area contributed by atoms with E-state index in [-0.39, 0.29) is 32.2 Å². The number of carbonyl (C=O) groups excluding carboxylic acids is 3. The molecule has 43 heavy (non-hydrogen) atoms. The number of hydrogen-bond donors (Lipinski definition) is 9. The Morgan fingerprint density at radius 3 is 1.98 bits per heavy atom. The summed E-state index contributed by atoms with van der Waals surface area (Å²) < 4.78 is 0. The Morgan fingerprint density at radius 1 is 0.721 bits per heavy atom. The SMILES string of the molecule is O=C(O)CCC(=O)N[C@@H](Cc1c[nH]c2ccccc12)C(=O)NCCCC[C@H](NC(=O)N[C@@H](CCC(=O)O)C(=O)O)C(=O)O. The smallest absolute Gasteiger partial charge is 0.326 e. The number of fused-ring (bicyclic) bond motifs is 1. The first-order valence-corrected chi connectivity index (χ1v) is 13.5. The van der Waals surface area contributed by atoms with Gasteiger partial charge in [-0.25, -0.2) is 14.4 Å². The highest BCUT2D eigenvalue weighted by atomic mass is 16.4. The van der Waals surface area contributed by atoms with E-state index in [9.17, 15) is 38.7 Å². The lowest BCUT2D eigenvalue weighted by Crippen LogP contribution is -2.51. The van der Waals surface area contributed by atoms with Crippen molar-refractivity contribution in [2.45, 2.75) is 69.5 Å². The first kappa shape index (κ1) is 34.1. The van der Waals surface area contributed by atoms with Crippen molar-refractivity contribution in [3.05, 3.63) is 36.0 Å². The third-order valence-corrected chi connectivity index (χ3v) is 6.39. The van der Waals surface area contributed by atoms with Gasteiger partial charge >= 0.3 is 29.9 Å². The summed E-state index contributed by atoms with van der Waals surface area (Å²) in [6.45, 7) is 0.100. The molecule has 234 valence electrons. The van der Waals surface area contributed by atoms with Gasteiger partial charge in [-0.1, -0.05) is 18.2 Å². The molecule has 3 atom stereocenters. The van der Waals surface area contributed by atoms with Crippen molar-refractivity contribution in [1.29, 1.82) is 0 Å². The van der Waals surface area contributed by atoms with Crippen LogP contribution in [0.2, 0.25) is 0 Å². The number of aromatic nitrogens is 1. The van der Waals surface area contributed by atoms with E-state index in [4.69, 9.17) is 15.3 Å². The zero-order chi connectivity index (χ0) is 31.9. The minimum Gasteiger partial charge on any atom is -0.481 e. The molecule has 9 N–H and O–H groups in total. The molecule has 0 unspecified atom stereocenters. The van der Waals surface area contributed by atoms with E-state index in [1.807, 2.05) is 29.6 Å². The topological polar surface area (TPSA) is 264 Å². The van der Waals surface area contributed by atoms with Gasteiger partial charge in [0, 0.05) is 42.9 Å². The fraction of sp³-hybridized carbons (Fsp3) is 0.444. The molecule has 16 heteroatoms. The molecule has 0 aliphatic carbocycles. The standard InChI is InChI=1S/C27H35N5O11/c33-21(9-11-23(36)37)30-20(13-15-14-29-17-6-2-1-5-16(15)17)24(38)28-12-4-3-7-18(25(39)40)31-27(43)32-19(26(41)42)8-10-22(34)35/h1-2,5-6,14,18-20,29H,3-4,7-13H2,(H,28,38)(H,30,33)(H,34,35)(H,36,37)(H,39,40)(H,41,42)(H2,31,32,43)/t18-,19-,20-/m0/s1. The van der Waals surface area contributed by atoms with Crippen molar-refractivity contribution in [2.24, 2.45) is 0 Å². The number of benzene rings is 1. The fourth-order valence-electron chi connectivity index (χ4n) is 4.17. The van der Waals surface area contributed by atoms with Gasteiger partial charge in [0.2, 0.25) is 11.8 Å². The van der Waals surface area contributed by atoms with Gasteiger partial charge in [-0.05, 0) is 37.3 Å². The van der Waals surface area contributed by atoms with Crippen LogP contribution in [-0.2, 0) is 35.2 Å². The Hall–Kier alpha value is -5.15. The normalized spacial score (nSPS) is 12.8. The van der Waals surface area contributed by atoms with Crippen LogP contribution in [0.3, 0.4) is 0 Å². The largest absolute Gasteiger partial charge is 0.481 e. The molecule has 1 aromatic heterocycles. The Labute approximate surface area is 245 Å². The number of urea groups is 1. The van der Waals surface area contributed by atoms with Crippen LogP contribution >= 0.6 is 0 Å². The predicted octanol–water partition coefficient (Wildman–Crippen LogP) is 0.417. The lowest BCUT2D eigenvalue weighted by atomic mass is 10.0. The van der Waals surface area contributed by atoms with Gasteiger partial charge < -0.3 is 46.7 Å². The Morgan fingerprint density at radius 2 is 1.35 bits per heavy atom. The molecule has 0 spiro atoms. The quantitative estimate of drug-likeness (QED) is 0.0990. The van der Waals surface area contributed by atoms with Crippen molar-refractivity contribution in [2.75, 3.05) is 6.54 Å². The number of unbranched alkanes of at least 4 members (excludes halogenated alkanes) is 1. The van der Waals surface area contributed by atoms with E-state index in [1.165, 1.54) is 0 Å². The number of aliphatic carboxylic acids is 4. The molecule has 0 saturated heterocycles. The van der Waals surface area contributed by atoms with Crippen LogP contribution in [0.5, 0.6) is 0 Å². The minimum atomic E-state index is -1.53. The summed E-state index contributed by atoms with van der Waals surface area (Å²) in [7, 11) is 0. The molecule has 0 aliphatic rings. The Kier molecular flexibility index (Phi) is 13.4. The van der Waals surface area contributed by atoms with Crippen LogP contribution in [0.25, 0.3) is 10.9 Å². The van der Waals surface area contributed by atoms with E-state index in [0.717, 1.165) is 16.5 Å². The van der Waals surface area contributed by atoms with Crippen molar-refractivity contribution < 1.29 is 54.0 Å². The van der Waals surface area contributed by atoms with Gasteiger partial charge in [0.05, 0.1) is 6.42 Å². The van der Waals surface area contributed by atoms with Crippen LogP contribution in [0, 0.1) is 0 Å². The number of carboxylic acid groups (broad SMARTS) is 4. The van der Waals surface area contributed by atoms with Gasteiger partial charge in [-0.3, -0.25) is 19.2 Å². The molecule has 2 aromatic rings. The summed E-state index contributed by atoms with van der Waals surface area (Å²) in [4.78, 5) is 84.9. The van der Waals surface area contributed by atoms with Crippen LogP contribution < -0.4 is 21.3 Å². The van der Waals surface area contributed by atoms with Gasteiger partial charge in [-0.15, -0.1) is 0 Å². The van der Waals surface area contributed by atoms with Gasteiger partial charge in [0.15, 0.2) is 0 Å². The number of aromatic amines is 1. The zero-order valence-corrected chi connectivity index (χ0v) is 23.1. The molecule has 0 bridgehead atoms. The number of hydrogen-bond acceptors (Lipinski definition) is 7. The second-order valence-electron chi connectivity index (χ2n) is 9.70. The monoisotopic (exact) mass is 605 g/mol. The van der Waals surface area contributed by atoms with E-state index in [0.29, 0.717) is 6.42 Å². The molecular weight excluding hydrogens is 570 g/mol. The third kappa shape index (κ3) is 12.1. The molecule has 1 heterocycles. The number of carboxylic acids is 4. The van der Waals surface area contributed by atoms with E-state index >= 15 is 0 Å². The van der Waals surface area contributed by atoms with Crippen molar-refractivity contribution in [3.63, 3.8) is 0 Å². The minimum absolute atomic E-state index is 0.0593. The molecule has 0 aliphatic heterocycles. The summed E-state index contributed by atoms with van der Waals surface area (Å²) in [6, 6.07) is 2.37. The highest BCUT2D eigenvalue weighted by Crippen LogP contribution is 2.19. The Balaban J connectivity index is 1.90. The lowest BCUT2D eigenvalue weighted by Gasteiger charge is -2.19. The predicted molar refractivity (Wildman–Crippen MR) is 149 cm³/mol. The lowest BCUT2D eigenvalue weighted by molar-refractivity contribution is -0.141. The summed E-state index contributed by atoms with van der Waals surface area (Å²) in [5, 5.41) is 46.4. The first-order valence-electron chi connectivity index (χ1n) is 13.5. The van der Waals surface area contributed by atoms with Crippen molar-refractivity contribution in [3.8, 4) is 0 Å². The number of nitrogens with one attached hydrogen (secondary N) is 5. The molecule has 0 radical (unpaired) electrons. The highest BCUT2D eigenvalue weighted by molar-refractivity contribution is 5.90. The van der Waals surface area contributed by atoms with Crippen LogP contribution in [0.15, 0.2) is 30.5 Å². The van der Waals surface area contributed by atoms with Crippen LogP contribution in [-0.4, -0.2) is 91.8 Å². The third-order valence-electron chi connectivity index (χ3n) is 6.39. The zero-order valence-electron chi connectivity index (χ0n) is 23.1. The summed E-state index contributed by atoms with van der Waals surface area (Å²) in [5.41, 5.74) is 1.60. The second kappa shape index (κ2) is 17.0. The van der Waals surface area contributed by atoms with Gasteiger partial charge in [0.1, 0.15) is 18.1 Å². The summed E-state index contributed by atoms with van der Waals surface area (Å²) in [5.74, 6) is -6.39. The number of carbonyl (C=O) groups is 7. The number of rotatable bonds is 19. The van der Waals surface area contributed by atoms with E-state index in [1.54, 1.807) is 6.20 Å². The van der Waals surface area contributed by atoms with Gasteiger partial charge in [-0.2, -0.15) is 0 Å². The van der Waals surface area contributed by atoms with Gasteiger partial charge in [0.25, 0.3) is 0 Å². The summed E-state index contributed by atoms with van der Waals surface area (Å²) >= 11 is 0. The maximum absolute atomic E-state index is 13.0. The molecule has 0 fully saturated rings. The fourth-order valence-corrected chi connectivity index (χ4v) is 4.17. The molecule has 0 saturated carbocycles. The maximum Gasteiger partial charge on any atom is 0.326 e. The molecule has 4 amide bonds. The average Bonchev–Trinajstić information content (AvgIpc) is 3.35. The van der Waals surface area contributed by atoms with E-state index in [2.05, 4.69) is 20.9 Å². The summed E-state index contributed by atoms with van der Waals surface area (Å²) in [6.07, 6.45) is 0.694.